The Bertz CT molecular complexity index is 734. The molecule has 2 unspecified atom stereocenters. The van der Waals surface area contributed by atoms with Crippen LogP contribution in [0, 0.1) is 0 Å². The van der Waals surface area contributed by atoms with E-state index >= 15 is 0 Å². The SMILES string of the molecule is CC(C)(C)OC(=O)NNC(=O)C1CCC2CN1C(=O)N2OCc1ccccc1. The summed E-state index contributed by atoms with van der Waals surface area (Å²) < 4.78 is 5.08. The van der Waals surface area contributed by atoms with Crippen molar-refractivity contribution in [2.75, 3.05) is 6.54 Å². The molecule has 2 aliphatic rings. The number of benzene rings is 1. The Balaban J connectivity index is 1.53. The lowest BCUT2D eigenvalue weighted by molar-refractivity contribution is -0.140. The van der Waals surface area contributed by atoms with Gasteiger partial charge in [-0.2, -0.15) is 5.06 Å². The van der Waals surface area contributed by atoms with Crippen LogP contribution in [0.3, 0.4) is 0 Å². The lowest BCUT2D eigenvalue weighted by Gasteiger charge is -2.29. The molecule has 9 heteroatoms. The summed E-state index contributed by atoms with van der Waals surface area (Å²) in [5, 5.41) is 1.36. The molecule has 2 bridgehead atoms. The normalized spacial score (nSPS) is 21.5. The summed E-state index contributed by atoms with van der Waals surface area (Å²) in [6.07, 6.45) is 0.375. The Morgan fingerprint density at radius 3 is 2.54 bits per heavy atom. The second-order valence-corrected chi connectivity index (χ2v) is 7.88. The van der Waals surface area contributed by atoms with Gasteiger partial charge in [0.05, 0.1) is 6.04 Å². The fourth-order valence-electron chi connectivity index (χ4n) is 3.29. The number of ether oxygens (including phenoxy) is 1. The Morgan fingerprint density at radius 1 is 1.14 bits per heavy atom. The summed E-state index contributed by atoms with van der Waals surface area (Å²) in [5.41, 5.74) is 4.85. The molecule has 0 saturated carbocycles. The summed E-state index contributed by atoms with van der Waals surface area (Å²) in [5.74, 6) is -0.456. The molecule has 152 valence electrons. The molecule has 2 fully saturated rings. The van der Waals surface area contributed by atoms with Crippen molar-refractivity contribution in [1.29, 1.82) is 0 Å². The fraction of sp³-hybridized carbons (Fsp3) is 0.526. The van der Waals surface area contributed by atoms with Gasteiger partial charge in [-0.25, -0.2) is 15.0 Å². The van der Waals surface area contributed by atoms with Crippen molar-refractivity contribution in [1.82, 2.24) is 20.8 Å². The summed E-state index contributed by atoms with van der Waals surface area (Å²) >= 11 is 0. The van der Waals surface area contributed by atoms with E-state index in [4.69, 9.17) is 9.57 Å². The van der Waals surface area contributed by atoms with Gasteiger partial charge in [0.25, 0.3) is 5.91 Å². The third-order valence-electron chi connectivity index (χ3n) is 4.53. The molecule has 2 heterocycles. The average molecular weight is 390 g/mol. The van der Waals surface area contributed by atoms with Gasteiger partial charge in [-0.1, -0.05) is 30.3 Å². The highest BCUT2D eigenvalue weighted by Gasteiger charge is 2.48. The minimum Gasteiger partial charge on any atom is -0.443 e. The topological polar surface area (TPSA) is 100 Å². The first kappa shape index (κ1) is 19.9. The molecular weight excluding hydrogens is 364 g/mol. The van der Waals surface area contributed by atoms with Crippen LogP contribution < -0.4 is 10.9 Å². The zero-order valence-electron chi connectivity index (χ0n) is 16.3. The summed E-state index contributed by atoms with van der Waals surface area (Å²) in [7, 11) is 0. The monoisotopic (exact) mass is 390 g/mol. The highest BCUT2D eigenvalue weighted by atomic mass is 16.7. The molecule has 2 N–H and O–H groups in total. The molecule has 2 saturated heterocycles. The number of amides is 4. The Hall–Kier alpha value is -2.81. The summed E-state index contributed by atoms with van der Waals surface area (Å²) in [4.78, 5) is 44.0. The van der Waals surface area contributed by atoms with Crippen molar-refractivity contribution in [2.24, 2.45) is 0 Å². The van der Waals surface area contributed by atoms with E-state index in [1.165, 1.54) is 9.96 Å². The van der Waals surface area contributed by atoms with Gasteiger partial charge in [-0.15, -0.1) is 0 Å². The van der Waals surface area contributed by atoms with Crippen LogP contribution in [0.25, 0.3) is 0 Å². The number of hydrazine groups is 1. The van der Waals surface area contributed by atoms with Gasteiger partial charge in [0.15, 0.2) is 0 Å². The first-order valence-electron chi connectivity index (χ1n) is 9.30. The van der Waals surface area contributed by atoms with Crippen LogP contribution in [0.4, 0.5) is 9.59 Å². The molecule has 2 aliphatic heterocycles. The third kappa shape index (κ3) is 4.72. The van der Waals surface area contributed by atoms with E-state index in [1.54, 1.807) is 20.8 Å². The van der Waals surface area contributed by atoms with Crippen LogP contribution in [0.2, 0.25) is 0 Å². The van der Waals surface area contributed by atoms with Crippen LogP contribution in [0.1, 0.15) is 39.2 Å². The Morgan fingerprint density at radius 2 is 1.86 bits per heavy atom. The molecule has 28 heavy (non-hydrogen) atoms. The van der Waals surface area contributed by atoms with Crippen LogP contribution >= 0.6 is 0 Å². The highest BCUT2D eigenvalue weighted by Crippen LogP contribution is 2.30. The van der Waals surface area contributed by atoms with Crippen LogP contribution in [-0.4, -0.2) is 52.2 Å². The Labute approximate surface area is 163 Å². The smallest absolute Gasteiger partial charge is 0.426 e. The van der Waals surface area contributed by atoms with Crippen molar-refractivity contribution in [3.05, 3.63) is 35.9 Å². The highest BCUT2D eigenvalue weighted by molar-refractivity contribution is 5.89. The van der Waals surface area contributed by atoms with Gasteiger partial charge in [0.1, 0.15) is 18.2 Å². The Kier molecular flexibility index (Phi) is 5.73. The number of carbonyl (C=O) groups excluding carboxylic acids is 3. The molecule has 4 amide bonds. The molecule has 3 rings (SSSR count). The summed E-state index contributed by atoms with van der Waals surface area (Å²) in [6, 6.07) is 8.49. The molecule has 9 nitrogen and oxygen atoms in total. The van der Waals surface area contributed by atoms with Crippen molar-refractivity contribution < 1.29 is 24.0 Å². The second-order valence-electron chi connectivity index (χ2n) is 7.88. The number of hydroxylamine groups is 2. The van der Waals surface area contributed by atoms with Gasteiger partial charge >= 0.3 is 12.1 Å². The number of rotatable bonds is 4. The molecule has 1 aromatic rings. The minimum atomic E-state index is -0.755. The zero-order chi connectivity index (χ0) is 20.3. The standard InChI is InChI=1S/C19H26N4O5/c1-19(2,3)28-17(25)21-20-16(24)15-10-9-14-11-22(15)18(26)23(14)27-12-13-7-5-4-6-8-13/h4-8,14-15H,9-12H2,1-3H3,(H,20,24)(H,21,25). The predicted octanol–water partition coefficient (Wildman–Crippen LogP) is 1.94. The van der Waals surface area contributed by atoms with Crippen LogP contribution in [0.5, 0.6) is 0 Å². The molecule has 0 aromatic heterocycles. The number of urea groups is 1. The second kappa shape index (κ2) is 8.05. The lowest BCUT2D eigenvalue weighted by atomic mass is 10.0. The van der Waals surface area contributed by atoms with E-state index in [2.05, 4.69) is 10.9 Å². The van der Waals surface area contributed by atoms with E-state index in [1.807, 2.05) is 30.3 Å². The first-order chi connectivity index (χ1) is 13.2. The molecular formula is C19H26N4O5. The van der Waals surface area contributed by atoms with Crippen molar-refractivity contribution >= 4 is 18.0 Å². The number of nitrogens with zero attached hydrogens (tertiary/aromatic N) is 2. The average Bonchev–Trinajstić information content (AvgIpc) is 2.88. The number of hydrogen-bond donors (Lipinski definition) is 2. The van der Waals surface area contributed by atoms with Crippen molar-refractivity contribution in [2.45, 2.75) is 57.9 Å². The maximum absolute atomic E-state index is 12.7. The van der Waals surface area contributed by atoms with Gasteiger partial charge in [0, 0.05) is 6.54 Å². The van der Waals surface area contributed by atoms with Crippen molar-refractivity contribution in [3.63, 3.8) is 0 Å². The maximum Gasteiger partial charge on any atom is 0.426 e. The number of hydrogen-bond acceptors (Lipinski definition) is 5. The van der Waals surface area contributed by atoms with E-state index in [0.717, 1.165) is 5.56 Å². The number of nitrogens with one attached hydrogen (secondary N) is 2. The van der Waals surface area contributed by atoms with Gasteiger partial charge in [-0.3, -0.25) is 15.1 Å². The molecule has 0 radical (unpaired) electrons. The zero-order valence-corrected chi connectivity index (χ0v) is 16.3. The van der Waals surface area contributed by atoms with Crippen LogP contribution in [-0.2, 0) is 21.0 Å². The number of carbonyl (C=O) groups is 3. The van der Waals surface area contributed by atoms with E-state index in [0.29, 0.717) is 19.4 Å². The van der Waals surface area contributed by atoms with Crippen LogP contribution in [0.15, 0.2) is 30.3 Å². The maximum atomic E-state index is 12.7. The first-order valence-corrected chi connectivity index (χ1v) is 9.30. The molecule has 0 spiro atoms. The summed E-state index contributed by atoms with van der Waals surface area (Å²) in [6.45, 7) is 5.87. The molecule has 1 aromatic carbocycles. The van der Waals surface area contributed by atoms with E-state index in [9.17, 15) is 14.4 Å². The predicted molar refractivity (Wildman–Crippen MR) is 99.5 cm³/mol. The lowest BCUT2D eigenvalue weighted by Crippen LogP contribution is -2.54. The van der Waals surface area contributed by atoms with E-state index in [-0.39, 0.29) is 18.7 Å². The third-order valence-corrected chi connectivity index (χ3v) is 4.53. The molecule has 0 aliphatic carbocycles. The minimum absolute atomic E-state index is 0.0842. The quantitative estimate of drug-likeness (QED) is 0.766. The number of piperidine rings is 1. The van der Waals surface area contributed by atoms with Gasteiger partial charge in [0.2, 0.25) is 0 Å². The molecule has 2 atom stereocenters. The van der Waals surface area contributed by atoms with Gasteiger partial charge < -0.3 is 9.64 Å². The van der Waals surface area contributed by atoms with Gasteiger partial charge in [-0.05, 0) is 39.2 Å². The number of fused-ring (bicyclic) bond motifs is 2. The largest absolute Gasteiger partial charge is 0.443 e. The van der Waals surface area contributed by atoms with Crippen molar-refractivity contribution in [3.8, 4) is 0 Å². The van der Waals surface area contributed by atoms with E-state index < -0.39 is 23.6 Å². The fourth-order valence-corrected chi connectivity index (χ4v) is 3.29.